The molecule has 1 aromatic carbocycles. The highest BCUT2D eigenvalue weighted by atomic mass is 35.5. The van der Waals surface area contributed by atoms with E-state index in [1.165, 1.54) is 6.07 Å². The van der Waals surface area contributed by atoms with Crippen molar-refractivity contribution in [2.24, 2.45) is 0 Å². The maximum absolute atomic E-state index is 12.1. The molecule has 5 heteroatoms. The molecule has 0 saturated heterocycles. The van der Waals surface area contributed by atoms with Crippen LogP contribution >= 0.6 is 23.2 Å². The molecule has 0 heterocycles. The Morgan fingerprint density at radius 2 is 1.94 bits per heavy atom. The Labute approximate surface area is 116 Å². The summed E-state index contributed by atoms with van der Waals surface area (Å²) >= 11 is 11.7. The second-order valence-corrected chi connectivity index (χ2v) is 5.30. The van der Waals surface area contributed by atoms with Crippen LogP contribution in [0.1, 0.15) is 36.0 Å². The van der Waals surface area contributed by atoms with Gasteiger partial charge in [-0.25, -0.2) is 0 Å². The molecule has 94 valence electrons. The first-order valence-electron chi connectivity index (χ1n) is 5.75. The van der Waals surface area contributed by atoms with Crippen LogP contribution in [0.3, 0.4) is 0 Å². The Hall–Kier alpha value is -1.24. The first-order chi connectivity index (χ1) is 8.56. The van der Waals surface area contributed by atoms with Crippen LogP contribution in [0.5, 0.6) is 0 Å². The third-order valence-corrected chi connectivity index (χ3v) is 3.94. The minimum atomic E-state index is -0.719. The molecule has 0 bridgehead atoms. The number of nitriles is 1. The molecule has 18 heavy (non-hydrogen) atoms. The fourth-order valence-electron chi connectivity index (χ4n) is 2.17. The van der Waals surface area contributed by atoms with Crippen molar-refractivity contribution in [2.75, 3.05) is 0 Å². The van der Waals surface area contributed by atoms with Crippen molar-refractivity contribution < 1.29 is 4.79 Å². The van der Waals surface area contributed by atoms with Gasteiger partial charge in [-0.2, -0.15) is 5.26 Å². The van der Waals surface area contributed by atoms with Crippen molar-refractivity contribution in [1.29, 1.82) is 5.26 Å². The molecule has 1 aromatic rings. The standard InChI is InChI=1S/C13H12Cl2N2O/c14-10-4-3-9(7-11(10)15)12(18)17-13(8-16)5-1-2-6-13/h3-4,7H,1-2,5-6H2,(H,17,18). The summed E-state index contributed by atoms with van der Waals surface area (Å²) in [6.45, 7) is 0. The average molecular weight is 283 g/mol. The van der Waals surface area contributed by atoms with Gasteiger partial charge in [-0.1, -0.05) is 23.2 Å². The van der Waals surface area contributed by atoms with E-state index >= 15 is 0 Å². The highest BCUT2D eigenvalue weighted by Gasteiger charge is 2.35. The van der Waals surface area contributed by atoms with Gasteiger partial charge in [-0.3, -0.25) is 4.79 Å². The zero-order chi connectivity index (χ0) is 13.2. The van der Waals surface area contributed by atoms with Gasteiger partial charge < -0.3 is 5.32 Å². The SMILES string of the molecule is N#CC1(NC(=O)c2ccc(Cl)c(Cl)c2)CCCC1. The third kappa shape index (κ3) is 2.60. The van der Waals surface area contributed by atoms with Gasteiger partial charge in [0.1, 0.15) is 5.54 Å². The molecular formula is C13H12Cl2N2O. The molecular weight excluding hydrogens is 271 g/mol. The van der Waals surface area contributed by atoms with Crippen LogP contribution in [0.2, 0.25) is 10.0 Å². The van der Waals surface area contributed by atoms with Crippen LogP contribution in [0.15, 0.2) is 18.2 Å². The second kappa shape index (κ2) is 5.17. The fourth-order valence-corrected chi connectivity index (χ4v) is 2.47. The highest BCUT2D eigenvalue weighted by Crippen LogP contribution is 2.29. The Balaban J connectivity index is 2.17. The fraction of sp³-hybridized carbons (Fsp3) is 0.385. The van der Waals surface area contributed by atoms with E-state index in [-0.39, 0.29) is 5.91 Å². The summed E-state index contributed by atoms with van der Waals surface area (Å²) < 4.78 is 0. The predicted octanol–water partition coefficient (Wildman–Crippen LogP) is 3.56. The van der Waals surface area contributed by atoms with E-state index in [1.807, 2.05) is 0 Å². The van der Waals surface area contributed by atoms with Crippen LogP contribution in [-0.4, -0.2) is 11.4 Å². The van der Waals surface area contributed by atoms with Crippen LogP contribution in [-0.2, 0) is 0 Å². The molecule has 0 atom stereocenters. The lowest BCUT2D eigenvalue weighted by Crippen LogP contribution is -2.45. The summed E-state index contributed by atoms with van der Waals surface area (Å²) in [5.41, 5.74) is -0.297. The van der Waals surface area contributed by atoms with E-state index in [2.05, 4.69) is 11.4 Å². The number of amides is 1. The topological polar surface area (TPSA) is 52.9 Å². The molecule has 0 spiro atoms. The lowest BCUT2D eigenvalue weighted by atomic mass is 9.99. The number of hydrogen-bond acceptors (Lipinski definition) is 2. The van der Waals surface area contributed by atoms with Crippen LogP contribution in [0, 0.1) is 11.3 Å². The van der Waals surface area contributed by atoms with E-state index < -0.39 is 5.54 Å². The smallest absolute Gasteiger partial charge is 0.252 e. The van der Waals surface area contributed by atoms with Crippen LogP contribution < -0.4 is 5.32 Å². The monoisotopic (exact) mass is 282 g/mol. The van der Waals surface area contributed by atoms with Crippen molar-refractivity contribution in [3.63, 3.8) is 0 Å². The highest BCUT2D eigenvalue weighted by molar-refractivity contribution is 6.42. The molecule has 1 fully saturated rings. The summed E-state index contributed by atoms with van der Waals surface area (Å²) in [7, 11) is 0. The molecule has 1 aliphatic carbocycles. The summed E-state index contributed by atoms with van der Waals surface area (Å²) in [5, 5.41) is 12.7. The lowest BCUT2D eigenvalue weighted by Gasteiger charge is -2.22. The van der Waals surface area contributed by atoms with Gasteiger partial charge in [-0.15, -0.1) is 0 Å². The normalized spacial score (nSPS) is 17.2. The summed E-state index contributed by atoms with van der Waals surface area (Å²) in [6.07, 6.45) is 3.34. The van der Waals surface area contributed by atoms with Crippen molar-refractivity contribution in [3.05, 3.63) is 33.8 Å². The van der Waals surface area contributed by atoms with Gasteiger partial charge in [0.05, 0.1) is 16.1 Å². The minimum absolute atomic E-state index is 0.281. The van der Waals surface area contributed by atoms with Gasteiger partial charge >= 0.3 is 0 Å². The number of carbonyl (C=O) groups excluding carboxylic acids is 1. The summed E-state index contributed by atoms with van der Waals surface area (Å²) in [4.78, 5) is 12.1. The first-order valence-corrected chi connectivity index (χ1v) is 6.51. The van der Waals surface area contributed by atoms with Gasteiger partial charge in [-0.05, 0) is 43.9 Å². The van der Waals surface area contributed by atoms with E-state index in [4.69, 9.17) is 23.2 Å². The maximum Gasteiger partial charge on any atom is 0.252 e. The number of carbonyl (C=O) groups is 1. The quantitative estimate of drug-likeness (QED) is 0.902. The maximum atomic E-state index is 12.1. The Kier molecular flexibility index (Phi) is 3.79. The number of rotatable bonds is 2. The Morgan fingerprint density at radius 3 is 2.50 bits per heavy atom. The number of benzene rings is 1. The molecule has 3 nitrogen and oxygen atoms in total. The predicted molar refractivity (Wildman–Crippen MR) is 70.7 cm³/mol. The zero-order valence-corrected chi connectivity index (χ0v) is 11.2. The van der Waals surface area contributed by atoms with E-state index in [1.54, 1.807) is 12.1 Å². The Bertz CT molecular complexity index is 516. The number of nitrogens with one attached hydrogen (secondary N) is 1. The van der Waals surface area contributed by atoms with Crippen LogP contribution in [0.25, 0.3) is 0 Å². The summed E-state index contributed by atoms with van der Waals surface area (Å²) in [5.74, 6) is -0.281. The summed E-state index contributed by atoms with van der Waals surface area (Å²) in [6, 6.07) is 6.90. The Morgan fingerprint density at radius 1 is 1.28 bits per heavy atom. The molecule has 1 saturated carbocycles. The number of hydrogen-bond donors (Lipinski definition) is 1. The number of nitrogens with zero attached hydrogens (tertiary/aromatic N) is 1. The van der Waals surface area contributed by atoms with Crippen LogP contribution in [0.4, 0.5) is 0 Å². The number of halogens is 2. The van der Waals surface area contributed by atoms with Crippen molar-refractivity contribution in [1.82, 2.24) is 5.32 Å². The molecule has 0 aromatic heterocycles. The zero-order valence-electron chi connectivity index (χ0n) is 9.67. The largest absolute Gasteiger partial charge is 0.334 e. The molecule has 2 rings (SSSR count). The molecule has 0 aliphatic heterocycles. The molecule has 0 unspecified atom stereocenters. The van der Waals surface area contributed by atoms with Crippen molar-refractivity contribution in [3.8, 4) is 6.07 Å². The molecule has 1 amide bonds. The minimum Gasteiger partial charge on any atom is -0.334 e. The van der Waals surface area contributed by atoms with Crippen molar-refractivity contribution >= 4 is 29.1 Å². The van der Waals surface area contributed by atoms with Gasteiger partial charge in [0.2, 0.25) is 0 Å². The molecule has 1 N–H and O–H groups in total. The lowest BCUT2D eigenvalue weighted by molar-refractivity contribution is 0.0920. The van der Waals surface area contributed by atoms with Gasteiger partial charge in [0, 0.05) is 5.56 Å². The molecule has 1 aliphatic rings. The van der Waals surface area contributed by atoms with Gasteiger partial charge in [0.15, 0.2) is 0 Å². The van der Waals surface area contributed by atoms with E-state index in [0.29, 0.717) is 28.5 Å². The van der Waals surface area contributed by atoms with E-state index in [0.717, 1.165) is 12.8 Å². The first kappa shape index (κ1) is 13.2. The van der Waals surface area contributed by atoms with Gasteiger partial charge in [0.25, 0.3) is 5.91 Å². The van der Waals surface area contributed by atoms with E-state index in [9.17, 15) is 10.1 Å². The van der Waals surface area contributed by atoms with Crippen molar-refractivity contribution in [2.45, 2.75) is 31.2 Å². The second-order valence-electron chi connectivity index (χ2n) is 4.48. The molecule has 0 radical (unpaired) electrons. The third-order valence-electron chi connectivity index (χ3n) is 3.21. The average Bonchev–Trinajstić information content (AvgIpc) is 2.82.